The Bertz CT molecular complexity index is 193. The maximum atomic E-state index is 10.6. The Morgan fingerprint density at radius 2 is 2.30 bits per heavy atom. The molecule has 5 heteroatoms. The molecule has 1 aliphatic rings. The first-order valence-electron chi connectivity index (χ1n) is 3.17. The van der Waals surface area contributed by atoms with Crippen LogP contribution in [0.15, 0.2) is 0 Å². The molecule has 1 atom stereocenters. The summed E-state index contributed by atoms with van der Waals surface area (Å²) in [5.74, 6) is 0. The van der Waals surface area contributed by atoms with E-state index in [0.717, 1.165) is 19.1 Å². The second kappa shape index (κ2) is 2.86. The van der Waals surface area contributed by atoms with Crippen LogP contribution in [0.3, 0.4) is 0 Å². The van der Waals surface area contributed by atoms with E-state index in [1.54, 1.807) is 0 Å². The van der Waals surface area contributed by atoms with Crippen LogP contribution in [-0.2, 0) is 14.8 Å². The van der Waals surface area contributed by atoms with Gasteiger partial charge in [-0.15, -0.1) is 0 Å². The SMILES string of the molecule is CS(=O)(=O)NC1CCCO1. The summed E-state index contributed by atoms with van der Waals surface area (Å²) in [4.78, 5) is 0. The van der Waals surface area contributed by atoms with Gasteiger partial charge >= 0.3 is 0 Å². The van der Waals surface area contributed by atoms with Crippen LogP contribution in [0.4, 0.5) is 0 Å². The lowest BCUT2D eigenvalue weighted by molar-refractivity contribution is 0.103. The molecular formula is C5H11NO3S. The third kappa shape index (κ3) is 2.64. The van der Waals surface area contributed by atoms with Crippen LogP contribution in [0.2, 0.25) is 0 Å². The fraction of sp³-hybridized carbons (Fsp3) is 1.00. The summed E-state index contributed by atoms with van der Waals surface area (Å²) < 4.78 is 28.6. The van der Waals surface area contributed by atoms with Crippen molar-refractivity contribution in [2.75, 3.05) is 12.9 Å². The molecular weight excluding hydrogens is 154 g/mol. The van der Waals surface area contributed by atoms with E-state index >= 15 is 0 Å². The number of hydrogen-bond donors (Lipinski definition) is 1. The number of ether oxygens (including phenoxy) is 1. The summed E-state index contributed by atoms with van der Waals surface area (Å²) >= 11 is 0. The lowest BCUT2D eigenvalue weighted by Crippen LogP contribution is -2.32. The summed E-state index contributed by atoms with van der Waals surface area (Å²) in [6.07, 6.45) is 2.57. The molecule has 0 radical (unpaired) electrons. The Morgan fingerprint density at radius 1 is 1.60 bits per heavy atom. The van der Waals surface area contributed by atoms with Gasteiger partial charge in [0.1, 0.15) is 6.23 Å². The van der Waals surface area contributed by atoms with E-state index < -0.39 is 10.0 Å². The van der Waals surface area contributed by atoms with E-state index in [1.165, 1.54) is 0 Å². The standard InChI is InChI=1S/C5H11NO3S/c1-10(7,8)6-5-3-2-4-9-5/h5-6H,2-4H2,1H3. The Balaban J connectivity index is 2.38. The van der Waals surface area contributed by atoms with E-state index in [0.29, 0.717) is 6.61 Å². The monoisotopic (exact) mass is 165 g/mol. The smallest absolute Gasteiger partial charge is 0.210 e. The molecule has 1 fully saturated rings. The largest absolute Gasteiger partial charge is 0.362 e. The molecule has 0 saturated carbocycles. The molecule has 0 amide bonds. The zero-order chi connectivity index (χ0) is 7.61. The molecule has 1 saturated heterocycles. The molecule has 4 nitrogen and oxygen atoms in total. The van der Waals surface area contributed by atoms with Gasteiger partial charge in [-0.3, -0.25) is 0 Å². The maximum Gasteiger partial charge on any atom is 0.210 e. The van der Waals surface area contributed by atoms with Crippen molar-refractivity contribution in [3.8, 4) is 0 Å². The van der Waals surface area contributed by atoms with E-state index in [-0.39, 0.29) is 6.23 Å². The molecule has 1 heterocycles. The van der Waals surface area contributed by atoms with Gasteiger partial charge in [-0.25, -0.2) is 8.42 Å². The first kappa shape index (κ1) is 7.97. The minimum Gasteiger partial charge on any atom is -0.362 e. The molecule has 1 aliphatic heterocycles. The quantitative estimate of drug-likeness (QED) is 0.609. The Hall–Kier alpha value is -0.130. The predicted octanol–water partition coefficient (Wildman–Crippen LogP) is -0.328. The minimum absolute atomic E-state index is 0.282. The van der Waals surface area contributed by atoms with Gasteiger partial charge in [-0.05, 0) is 12.8 Å². The van der Waals surface area contributed by atoms with Crippen molar-refractivity contribution < 1.29 is 13.2 Å². The van der Waals surface area contributed by atoms with Gasteiger partial charge in [0.2, 0.25) is 10.0 Å². The lowest BCUT2D eigenvalue weighted by Gasteiger charge is -2.08. The second-order valence-corrected chi connectivity index (χ2v) is 4.17. The molecule has 1 N–H and O–H groups in total. The number of hydrogen-bond acceptors (Lipinski definition) is 3. The Kier molecular flexibility index (Phi) is 2.28. The zero-order valence-corrected chi connectivity index (χ0v) is 6.65. The van der Waals surface area contributed by atoms with Crippen LogP contribution in [0.5, 0.6) is 0 Å². The first-order chi connectivity index (χ1) is 4.58. The molecule has 0 bridgehead atoms. The van der Waals surface area contributed by atoms with Crippen molar-refractivity contribution in [2.45, 2.75) is 19.1 Å². The third-order valence-corrected chi connectivity index (χ3v) is 1.97. The summed E-state index contributed by atoms with van der Waals surface area (Å²) in [6, 6.07) is 0. The molecule has 1 unspecified atom stereocenters. The van der Waals surface area contributed by atoms with Gasteiger partial charge in [0.05, 0.1) is 6.26 Å². The van der Waals surface area contributed by atoms with E-state index in [2.05, 4.69) is 4.72 Å². The topological polar surface area (TPSA) is 55.4 Å². The summed E-state index contributed by atoms with van der Waals surface area (Å²) in [7, 11) is -3.08. The van der Waals surface area contributed by atoms with Gasteiger partial charge in [0, 0.05) is 6.61 Å². The Labute approximate surface area is 60.6 Å². The molecule has 0 aromatic heterocycles. The molecule has 60 valence electrons. The highest BCUT2D eigenvalue weighted by Gasteiger charge is 2.18. The first-order valence-corrected chi connectivity index (χ1v) is 5.06. The highest BCUT2D eigenvalue weighted by molar-refractivity contribution is 7.88. The van der Waals surface area contributed by atoms with Crippen molar-refractivity contribution in [1.29, 1.82) is 0 Å². The average molecular weight is 165 g/mol. The normalized spacial score (nSPS) is 27.1. The van der Waals surface area contributed by atoms with Gasteiger partial charge < -0.3 is 4.74 Å². The molecule has 0 spiro atoms. The number of rotatable bonds is 2. The van der Waals surface area contributed by atoms with Crippen molar-refractivity contribution in [3.05, 3.63) is 0 Å². The van der Waals surface area contributed by atoms with Crippen LogP contribution in [0.1, 0.15) is 12.8 Å². The third-order valence-electron chi connectivity index (χ3n) is 1.28. The van der Waals surface area contributed by atoms with E-state index in [9.17, 15) is 8.42 Å². The maximum absolute atomic E-state index is 10.6. The second-order valence-electron chi connectivity index (χ2n) is 2.39. The van der Waals surface area contributed by atoms with Crippen LogP contribution < -0.4 is 4.72 Å². The fourth-order valence-electron chi connectivity index (χ4n) is 0.909. The van der Waals surface area contributed by atoms with Crippen molar-refractivity contribution in [3.63, 3.8) is 0 Å². The molecule has 10 heavy (non-hydrogen) atoms. The van der Waals surface area contributed by atoms with Crippen molar-refractivity contribution in [2.24, 2.45) is 0 Å². The molecule has 0 aromatic carbocycles. The van der Waals surface area contributed by atoms with Crippen molar-refractivity contribution in [1.82, 2.24) is 4.72 Å². The van der Waals surface area contributed by atoms with Gasteiger partial charge in [0.15, 0.2) is 0 Å². The number of nitrogens with one attached hydrogen (secondary N) is 1. The Morgan fingerprint density at radius 3 is 2.70 bits per heavy atom. The summed E-state index contributed by atoms with van der Waals surface area (Å²) in [5, 5.41) is 0. The highest BCUT2D eigenvalue weighted by Crippen LogP contribution is 2.09. The lowest BCUT2D eigenvalue weighted by atomic mass is 10.3. The van der Waals surface area contributed by atoms with Crippen LogP contribution >= 0.6 is 0 Å². The zero-order valence-electron chi connectivity index (χ0n) is 5.83. The van der Waals surface area contributed by atoms with Crippen LogP contribution in [0.25, 0.3) is 0 Å². The van der Waals surface area contributed by atoms with Gasteiger partial charge in [-0.1, -0.05) is 0 Å². The minimum atomic E-state index is -3.08. The van der Waals surface area contributed by atoms with Crippen molar-refractivity contribution >= 4 is 10.0 Å². The van der Waals surface area contributed by atoms with Crippen LogP contribution in [0, 0.1) is 0 Å². The molecule has 0 aromatic rings. The predicted molar refractivity (Wildman–Crippen MR) is 37.0 cm³/mol. The summed E-state index contributed by atoms with van der Waals surface area (Å²) in [5.41, 5.74) is 0. The summed E-state index contributed by atoms with van der Waals surface area (Å²) in [6.45, 7) is 0.660. The van der Waals surface area contributed by atoms with Gasteiger partial charge in [-0.2, -0.15) is 4.72 Å². The van der Waals surface area contributed by atoms with E-state index in [4.69, 9.17) is 4.74 Å². The highest BCUT2D eigenvalue weighted by atomic mass is 32.2. The fourth-order valence-corrected chi connectivity index (χ4v) is 1.57. The van der Waals surface area contributed by atoms with Gasteiger partial charge in [0.25, 0.3) is 0 Å². The number of sulfonamides is 1. The average Bonchev–Trinajstić information content (AvgIpc) is 2.12. The van der Waals surface area contributed by atoms with E-state index in [1.807, 2.05) is 0 Å². The molecule has 0 aliphatic carbocycles. The molecule has 1 rings (SSSR count). The van der Waals surface area contributed by atoms with Crippen LogP contribution in [-0.4, -0.2) is 27.5 Å².